The number of pyridine rings is 1. The zero-order chi connectivity index (χ0) is 19.5. The van der Waals surface area contributed by atoms with E-state index in [1.54, 1.807) is 12.5 Å². The monoisotopic (exact) mass is 393 g/mol. The van der Waals surface area contributed by atoms with E-state index in [4.69, 9.17) is 0 Å². The van der Waals surface area contributed by atoms with E-state index in [-0.39, 0.29) is 11.7 Å². The maximum absolute atomic E-state index is 12.2. The molecule has 3 aromatic heterocycles. The number of aromatic nitrogens is 6. The summed E-state index contributed by atoms with van der Waals surface area (Å²) in [7, 11) is 1.93. The first-order chi connectivity index (χ1) is 13.7. The third-order valence-electron chi connectivity index (χ3n) is 4.26. The van der Waals surface area contributed by atoms with Gasteiger partial charge >= 0.3 is 0 Å². The summed E-state index contributed by atoms with van der Waals surface area (Å²) >= 11 is 1.36. The molecule has 0 atom stereocenters. The second kappa shape index (κ2) is 7.81. The van der Waals surface area contributed by atoms with Crippen molar-refractivity contribution in [2.75, 3.05) is 11.1 Å². The quantitative estimate of drug-likeness (QED) is 0.507. The van der Waals surface area contributed by atoms with E-state index in [1.165, 1.54) is 11.8 Å². The summed E-state index contributed by atoms with van der Waals surface area (Å²) in [6, 6.07) is 11.4. The van der Waals surface area contributed by atoms with Gasteiger partial charge in [0.15, 0.2) is 16.6 Å². The molecule has 0 aliphatic carbocycles. The van der Waals surface area contributed by atoms with Crippen LogP contribution in [0, 0.1) is 0 Å². The number of anilines is 1. The number of rotatable bonds is 6. The minimum Gasteiger partial charge on any atom is -0.332 e. The predicted octanol–water partition coefficient (Wildman–Crippen LogP) is 2.98. The van der Waals surface area contributed by atoms with Crippen molar-refractivity contribution in [1.29, 1.82) is 0 Å². The predicted molar refractivity (Wildman–Crippen MR) is 109 cm³/mol. The van der Waals surface area contributed by atoms with Crippen LogP contribution in [-0.4, -0.2) is 41.0 Å². The number of aryl methyl sites for hydroxylation is 1. The zero-order valence-electron chi connectivity index (χ0n) is 15.5. The van der Waals surface area contributed by atoms with E-state index in [0.29, 0.717) is 17.3 Å². The van der Waals surface area contributed by atoms with E-state index in [2.05, 4.69) is 25.5 Å². The number of benzene rings is 1. The summed E-state index contributed by atoms with van der Waals surface area (Å²) in [6.45, 7) is 2.71. The van der Waals surface area contributed by atoms with E-state index < -0.39 is 0 Å². The Balaban J connectivity index is 1.52. The van der Waals surface area contributed by atoms with Crippen molar-refractivity contribution in [3.63, 3.8) is 0 Å². The molecule has 3 heterocycles. The van der Waals surface area contributed by atoms with Gasteiger partial charge in [-0.15, -0.1) is 10.2 Å². The van der Waals surface area contributed by atoms with Gasteiger partial charge in [0.2, 0.25) is 5.91 Å². The van der Waals surface area contributed by atoms with Gasteiger partial charge in [0.25, 0.3) is 0 Å². The normalized spacial score (nSPS) is 11.1. The Kier molecular flexibility index (Phi) is 5.07. The molecule has 9 heteroatoms. The third kappa shape index (κ3) is 3.61. The van der Waals surface area contributed by atoms with E-state index >= 15 is 0 Å². The lowest BCUT2D eigenvalue weighted by atomic mass is 10.2. The summed E-state index contributed by atoms with van der Waals surface area (Å²) in [5.74, 6) is 0.900. The fourth-order valence-electron chi connectivity index (χ4n) is 2.87. The number of hydrogen-bond donors (Lipinski definition) is 1. The number of hydrogen-bond acceptors (Lipinski definition) is 6. The first-order valence-electron chi connectivity index (χ1n) is 8.84. The van der Waals surface area contributed by atoms with Crippen molar-refractivity contribution < 1.29 is 4.79 Å². The van der Waals surface area contributed by atoms with E-state index in [9.17, 15) is 4.79 Å². The van der Waals surface area contributed by atoms with Crippen molar-refractivity contribution in [3.8, 4) is 11.4 Å². The van der Waals surface area contributed by atoms with Gasteiger partial charge in [0.1, 0.15) is 0 Å². The number of para-hydroxylation sites is 1. The molecule has 0 spiro atoms. The fourth-order valence-corrected chi connectivity index (χ4v) is 3.68. The molecule has 0 aliphatic heterocycles. The Labute approximate surface area is 166 Å². The average molecular weight is 393 g/mol. The van der Waals surface area contributed by atoms with Crippen LogP contribution in [0.15, 0.2) is 54.1 Å². The molecule has 0 bridgehead atoms. The van der Waals surface area contributed by atoms with Crippen LogP contribution in [0.1, 0.15) is 6.92 Å². The minimum atomic E-state index is -0.0821. The van der Waals surface area contributed by atoms with Crippen LogP contribution in [0.2, 0.25) is 0 Å². The van der Waals surface area contributed by atoms with Gasteiger partial charge < -0.3 is 14.5 Å². The number of nitrogens with one attached hydrogen (secondary N) is 1. The molecular formula is C19H19N7OS. The third-order valence-corrected chi connectivity index (χ3v) is 5.23. The van der Waals surface area contributed by atoms with Crippen LogP contribution >= 0.6 is 11.8 Å². The fraction of sp³-hybridized carbons (Fsp3) is 0.211. The maximum Gasteiger partial charge on any atom is 0.234 e. The van der Waals surface area contributed by atoms with Crippen molar-refractivity contribution >= 4 is 34.5 Å². The minimum absolute atomic E-state index is 0.0821. The topological polar surface area (TPSA) is 90.5 Å². The van der Waals surface area contributed by atoms with Gasteiger partial charge in [-0.3, -0.25) is 4.79 Å². The number of thioether (sulfide) groups is 1. The summed E-state index contributed by atoms with van der Waals surface area (Å²) in [5.41, 5.74) is 3.27. The lowest BCUT2D eigenvalue weighted by Gasteiger charge is -2.08. The van der Waals surface area contributed by atoms with Gasteiger partial charge in [0.05, 0.1) is 17.6 Å². The Bertz CT molecular complexity index is 1120. The number of imidazole rings is 1. The first-order valence-corrected chi connectivity index (χ1v) is 9.82. The van der Waals surface area contributed by atoms with Crippen LogP contribution in [0.3, 0.4) is 0 Å². The molecule has 28 heavy (non-hydrogen) atoms. The number of carbonyl (C=O) groups excluding carboxylic acids is 1. The zero-order valence-corrected chi connectivity index (χ0v) is 16.3. The van der Waals surface area contributed by atoms with Crippen molar-refractivity contribution in [2.24, 2.45) is 7.05 Å². The molecule has 4 rings (SSSR count). The smallest absolute Gasteiger partial charge is 0.234 e. The highest BCUT2D eigenvalue weighted by Gasteiger charge is 2.16. The summed E-state index contributed by atoms with van der Waals surface area (Å²) in [6.07, 6.45) is 3.49. The largest absolute Gasteiger partial charge is 0.332 e. The maximum atomic E-state index is 12.2. The van der Waals surface area contributed by atoms with Gasteiger partial charge in [-0.1, -0.05) is 30.0 Å². The molecule has 0 fully saturated rings. The first kappa shape index (κ1) is 18.2. The van der Waals surface area contributed by atoms with Crippen LogP contribution in [-0.2, 0) is 18.4 Å². The van der Waals surface area contributed by atoms with E-state index in [0.717, 1.165) is 22.6 Å². The SMILES string of the molecule is CCn1c(SCC(=O)Nc2ccccc2)nnc1-c1cnc2ncn(C)c2c1. The van der Waals surface area contributed by atoms with Gasteiger partial charge in [-0.25, -0.2) is 9.97 Å². The highest BCUT2D eigenvalue weighted by molar-refractivity contribution is 7.99. The molecule has 4 aromatic rings. The van der Waals surface area contributed by atoms with Crippen LogP contribution in [0.25, 0.3) is 22.6 Å². The molecule has 142 valence electrons. The molecule has 0 aliphatic rings. The average Bonchev–Trinajstić information content (AvgIpc) is 3.30. The molecule has 1 N–H and O–H groups in total. The lowest BCUT2D eigenvalue weighted by Crippen LogP contribution is -2.14. The number of carbonyl (C=O) groups is 1. The summed E-state index contributed by atoms with van der Waals surface area (Å²) in [4.78, 5) is 20.9. The Hall–Kier alpha value is -3.20. The number of fused-ring (bicyclic) bond motifs is 1. The molecule has 0 radical (unpaired) electrons. The van der Waals surface area contributed by atoms with Crippen molar-refractivity contribution in [1.82, 2.24) is 29.3 Å². The number of amides is 1. The van der Waals surface area contributed by atoms with Gasteiger partial charge in [-0.05, 0) is 25.1 Å². The van der Waals surface area contributed by atoms with Gasteiger partial charge in [0, 0.05) is 31.0 Å². The van der Waals surface area contributed by atoms with E-state index in [1.807, 2.05) is 59.5 Å². The standard InChI is InChI=1S/C19H19N7OS/c1-3-26-18(13-9-15-17(20-10-13)21-12-25(15)2)23-24-19(26)28-11-16(27)22-14-7-5-4-6-8-14/h4-10,12H,3,11H2,1-2H3,(H,22,27). The number of nitrogens with zero attached hydrogens (tertiary/aromatic N) is 6. The highest BCUT2D eigenvalue weighted by Crippen LogP contribution is 2.25. The molecule has 0 saturated carbocycles. The summed E-state index contributed by atoms with van der Waals surface area (Å²) < 4.78 is 3.90. The lowest BCUT2D eigenvalue weighted by molar-refractivity contribution is -0.113. The second-order valence-electron chi connectivity index (χ2n) is 6.18. The summed E-state index contributed by atoms with van der Waals surface area (Å²) in [5, 5.41) is 12.2. The van der Waals surface area contributed by atoms with Crippen LogP contribution in [0.4, 0.5) is 5.69 Å². The van der Waals surface area contributed by atoms with Crippen LogP contribution < -0.4 is 5.32 Å². The highest BCUT2D eigenvalue weighted by atomic mass is 32.2. The molecule has 1 amide bonds. The Morgan fingerprint density at radius 2 is 2.00 bits per heavy atom. The Morgan fingerprint density at radius 1 is 1.18 bits per heavy atom. The molecule has 0 saturated heterocycles. The molecule has 8 nitrogen and oxygen atoms in total. The van der Waals surface area contributed by atoms with Gasteiger partial charge in [-0.2, -0.15) is 0 Å². The van der Waals surface area contributed by atoms with Crippen LogP contribution in [0.5, 0.6) is 0 Å². The van der Waals surface area contributed by atoms with Crippen molar-refractivity contribution in [3.05, 3.63) is 48.9 Å². The Morgan fingerprint density at radius 3 is 2.79 bits per heavy atom. The van der Waals surface area contributed by atoms with Crippen molar-refractivity contribution in [2.45, 2.75) is 18.6 Å². The second-order valence-corrected chi connectivity index (χ2v) is 7.12. The molecule has 1 aromatic carbocycles. The molecular weight excluding hydrogens is 374 g/mol. The molecule has 0 unspecified atom stereocenters.